The molecule has 1 aromatic heterocycles. The van der Waals surface area contributed by atoms with Gasteiger partial charge in [0.1, 0.15) is 5.82 Å². The van der Waals surface area contributed by atoms with E-state index in [4.69, 9.17) is 0 Å². The lowest BCUT2D eigenvalue weighted by molar-refractivity contribution is -0.402. The van der Waals surface area contributed by atoms with E-state index in [2.05, 4.69) is 4.98 Å². The van der Waals surface area contributed by atoms with Crippen molar-refractivity contribution >= 4 is 51.3 Å². The molecule has 0 spiro atoms. The smallest absolute Gasteiger partial charge is 0.271 e. The maximum atomic E-state index is 11.9. The molecule has 0 unspecified atom stereocenters. The fourth-order valence-corrected chi connectivity index (χ4v) is 3.23. The number of rotatable bonds is 9. The van der Waals surface area contributed by atoms with Gasteiger partial charge >= 0.3 is 22.7 Å². The van der Waals surface area contributed by atoms with Crippen LogP contribution in [0, 0.1) is 60.7 Å². The van der Waals surface area contributed by atoms with Gasteiger partial charge in [-0.25, -0.2) is 4.98 Å². The van der Waals surface area contributed by atoms with Crippen molar-refractivity contribution in [1.29, 1.82) is 0 Å². The molecule has 0 fully saturated rings. The van der Waals surface area contributed by atoms with Gasteiger partial charge in [0.25, 0.3) is 11.4 Å². The zero-order chi connectivity index (χ0) is 27.6. The van der Waals surface area contributed by atoms with E-state index < -0.39 is 80.9 Å². The van der Waals surface area contributed by atoms with Crippen molar-refractivity contribution in [2.75, 3.05) is 4.90 Å². The minimum absolute atomic E-state index is 0.306. The van der Waals surface area contributed by atoms with Crippen LogP contribution in [0.15, 0.2) is 48.7 Å². The molecule has 20 heteroatoms. The van der Waals surface area contributed by atoms with E-state index >= 15 is 0 Å². The number of benzene rings is 2. The molecule has 0 radical (unpaired) electrons. The lowest BCUT2D eigenvalue weighted by Gasteiger charge is -2.22. The maximum Gasteiger partial charge on any atom is 0.307 e. The summed E-state index contributed by atoms with van der Waals surface area (Å²) >= 11 is 0. The van der Waals surface area contributed by atoms with Crippen LogP contribution in [0.25, 0.3) is 0 Å². The van der Waals surface area contributed by atoms with E-state index in [1.807, 2.05) is 0 Å². The van der Waals surface area contributed by atoms with E-state index in [-0.39, 0.29) is 0 Å². The number of pyridine rings is 1. The molecule has 37 heavy (non-hydrogen) atoms. The van der Waals surface area contributed by atoms with Gasteiger partial charge in [-0.15, -0.1) is 0 Å². The van der Waals surface area contributed by atoms with Gasteiger partial charge in [-0.2, -0.15) is 0 Å². The molecule has 3 aromatic rings. The lowest BCUT2D eigenvalue weighted by atomic mass is 10.1. The zero-order valence-corrected chi connectivity index (χ0v) is 17.6. The highest BCUT2D eigenvalue weighted by Crippen LogP contribution is 2.52. The van der Waals surface area contributed by atoms with Crippen LogP contribution in [0.2, 0.25) is 0 Å². The highest BCUT2D eigenvalue weighted by Gasteiger charge is 2.43. The lowest BCUT2D eigenvalue weighted by Crippen LogP contribution is -2.18. The van der Waals surface area contributed by atoms with Crippen molar-refractivity contribution in [3.8, 4) is 0 Å². The average molecular weight is 516 g/mol. The molecule has 3 rings (SSSR count). The Bertz CT molecular complexity index is 1350. The van der Waals surface area contributed by atoms with Crippen LogP contribution >= 0.6 is 0 Å². The Morgan fingerprint density at radius 1 is 0.541 bits per heavy atom. The standard InChI is InChI=1S/C17H8N8O12/c26-20(27)9-5-11(22(30)31)16(12(6-9)23(32)33)19(15-3-1-2-4-18-15)17-13(24(34)35)7-10(21(28)29)8-14(17)25(36)37/h1-8H. The Balaban J connectivity index is 2.65. The van der Waals surface area contributed by atoms with Crippen molar-refractivity contribution in [2.45, 2.75) is 0 Å². The minimum atomic E-state index is -1.34. The summed E-state index contributed by atoms with van der Waals surface area (Å²) in [4.78, 5) is 66.6. The van der Waals surface area contributed by atoms with E-state index in [0.29, 0.717) is 29.2 Å². The second kappa shape index (κ2) is 9.57. The predicted molar refractivity (Wildman–Crippen MR) is 119 cm³/mol. The molecule has 0 saturated heterocycles. The van der Waals surface area contributed by atoms with Crippen LogP contribution in [0.5, 0.6) is 0 Å². The van der Waals surface area contributed by atoms with Gasteiger partial charge in [-0.1, -0.05) is 6.07 Å². The highest BCUT2D eigenvalue weighted by atomic mass is 16.6. The number of nitro benzene ring substituents is 6. The average Bonchev–Trinajstić information content (AvgIpc) is 2.83. The van der Waals surface area contributed by atoms with Crippen LogP contribution in [0.4, 0.5) is 51.3 Å². The Morgan fingerprint density at radius 2 is 0.892 bits per heavy atom. The van der Waals surface area contributed by atoms with Gasteiger partial charge in [0.2, 0.25) is 11.4 Å². The summed E-state index contributed by atoms with van der Waals surface area (Å²) in [6, 6.07) is 4.77. The summed E-state index contributed by atoms with van der Waals surface area (Å²) in [7, 11) is 0. The molecular formula is C17H8N8O12. The molecule has 1 heterocycles. The molecule has 0 saturated carbocycles. The summed E-state index contributed by atoms with van der Waals surface area (Å²) in [5, 5.41) is 70.0. The Kier molecular flexibility index (Phi) is 6.57. The van der Waals surface area contributed by atoms with Crippen LogP contribution in [0.3, 0.4) is 0 Å². The first kappa shape index (κ1) is 25.4. The summed E-state index contributed by atoms with van der Waals surface area (Å²) in [6.07, 6.45) is 1.04. The molecule has 20 nitrogen and oxygen atoms in total. The number of anilines is 3. The Labute approximate surface area is 200 Å². The molecule has 0 aliphatic carbocycles. The predicted octanol–water partition coefficient (Wildman–Crippen LogP) is 4.00. The van der Waals surface area contributed by atoms with Gasteiger partial charge in [-0.05, 0) is 12.1 Å². The van der Waals surface area contributed by atoms with E-state index in [0.717, 1.165) is 12.3 Å². The molecule has 2 aromatic carbocycles. The number of nitro groups is 6. The van der Waals surface area contributed by atoms with Crippen molar-refractivity contribution in [3.05, 3.63) is 109 Å². The monoisotopic (exact) mass is 516 g/mol. The first-order valence-corrected chi connectivity index (χ1v) is 9.28. The van der Waals surface area contributed by atoms with Crippen LogP contribution in [0.1, 0.15) is 0 Å². The molecule has 0 amide bonds. The number of aromatic nitrogens is 1. The number of nitrogens with zero attached hydrogens (tertiary/aromatic N) is 8. The van der Waals surface area contributed by atoms with Gasteiger partial charge in [-0.3, -0.25) is 65.6 Å². The number of hydrogen-bond donors (Lipinski definition) is 0. The fourth-order valence-electron chi connectivity index (χ4n) is 3.23. The van der Waals surface area contributed by atoms with Gasteiger partial charge in [0.15, 0.2) is 0 Å². The summed E-state index contributed by atoms with van der Waals surface area (Å²) in [5.41, 5.74) is -9.89. The zero-order valence-electron chi connectivity index (χ0n) is 17.6. The molecule has 0 bridgehead atoms. The van der Waals surface area contributed by atoms with Crippen molar-refractivity contribution in [1.82, 2.24) is 4.98 Å². The Morgan fingerprint density at radius 3 is 1.14 bits per heavy atom. The van der Waals surface area contributed by atoms with E-state index in [9.17, 15) is 60.7 Å². The largest absolute Gasteiger partial charge is 0.307 e. The fraction of sp³-hybridized carbons (Fsp3) is 0. The SMILES string of the molecule is O=[N+]([O-])c1cc([N+](=O)[O-])c(N(c2ccccn2)c2c([N+](=O)[O-])cc([N+](=O)[O-])cc2[N+](=O)[O-])c([N+](=O)[O-])c1. The van der Waals surface area contributed by atoms with Crippen LogP contribution in [-0.4, -0.2) is 34.5 Å². The van der Waals surface area contributed by atoms with Gasteiger partial charge < -0.3 is 0 Å². The molecule has 0 N–H and O–H groups in total. The summed E-state index contributed by atoms with van der Waals surface area (Å²) < 4.78 is 0. The highest BCUT2D eigenvalue weighted by molar-refractivity contribution is 5.95. The molecule has 0 aliphatic heterocycles. The van der Waals surface area contributed by atoms with Crippen molar-refractivity contribution < 1.29 is 29.5 Å². The van der Waals surface area contributed by atoms with Crippen LogP contribution < -0.4 is 4.90 Å². The molecule has 188 valence electrons. The van der Waals surface area contributed by atoms with Gasteiger partial charge in [0, 0.05) is 6.20 Å². The number of hydrogen-bond acceptors (Lipinski definition) is 14. The van der Waals surface area contributed by atoms with Crippen LogP contribution in [-0.2, 0) is 0 Å². The summed E-state index contributed by atoms with van der Waals surface area (Å²) in [6.45, 7) is 0. The maximum absolute atomic E-state index is 11.9. The van der Waals surface area contributed by atoms with Crippen molar-refractivity contribution in [3.63, 3.8) is 0 Å². The second-order valence-electron chi connectivity index (χ2n) is 6.73. The molecule has 0 atom stereocenters. The third kappa shape index (κ3) is 4.72. The van der Waals surface area contributed by atoms with E-state index in [1.165, 1.54) is 12.1 Å². The third-order valence-corrected chi connectivity index (χ3v) is 4.64. The quantitative estimate of drug-likeness (QED) is 0.287. The summed E-state index contributed by atoms with van der Waals surface area (Å²) in [5.74, 6) is -0.567. The molecular weight excluding hydrogens is 508 g/mol. The Hall–Kier alpha value is -6.21. The van der Waals surface area contributed by atoms with Gasteiger partial charge in [0.05, 0.1) is 53.8 Å². The number of non-ortho nitro benzene ring substituents is 2. The topological polar surface area (TPSA) is 275 Å². The van der Waals surface area contributed by atoms with Crippen molar-refractivity contribution in [2.24, 2.45) is 0 Å². The van der Waals surface area contributed by atoms with E-state index in [1.54, 1.807) is 0 Å². The third-order valence-electron chi connectivity index (χ3n) is 4.64. The normalized spacial score (nSPS) is 10.4. The molecule has 0 aliphatic rings. The minimum Gasteiger partial charge on any atom is -0.271 e. The first-order chi connectivity index (χ1) is 17.3. The second-order valence-corrected chi connectivity index (χ2v) is 6.73. The first-order valence-electron chi connectivity index (χ1n) is 9.28.